The van der Waals surface area contributed by atoms with Crippen LogP contribution < -0.4 is 0 Å². The third-order valence-electron chi connectivity index (χ3n) is 2.84. The highest BCUT2D eigenvalue weighted by atomic mass is 14.9. The highest BCUT2D eigenvalue weighted by Gasteiger charge is 2.12. The van der Waals surface area contributed by atoms with Gasteiger partial charge in [-0.1, -0.05) is 27.7 Å². The fourth-order valence-electron chi connectivity index (χ4n) is 1.93. The molecule has 0 saturated heterocycles. The Morgan fingerprint density at radius 2 is 1.86 bits per heavy atom. The molecule has 1 rings (SSSR count). The zero-order valence-corrected chi connectivity index (χ0v) is 10.2. The summed E-state index contributed by atoms with van der Waals surface area (Å²) in [4.78, 5) is 0. The van der Waals surface area contributed by atoms with Crippen molar-refractivity contribution in [3.63, 3.8) is 0 Å². The van der Waals surface area contributed by atoms with E-state index >= 15 is 0 Å². The van der Waals surface area contributed by atoms with Crippen molar-refractivity contribution in [2.24, 2.45) is 13.0 Å². The number of aromatic nitrogens is 1. The Kier molecular flexibility index (Phi) is 3.79. The van der Waals surface area contributed by atoms with E-state index in [0.29, 0.717) is 5.92 Å². The zero-order chi connectivity index (χ0) is 10.7. The predicted molar refractivity (Wildman–Crippen MR) is 62.7 cm³/mol. The van der Waals surface area contributed by atoms with Crippen LogP contribution >= 0.6 is 0 Å². The average Bonchev–Trinajstić information content (AvgIpc) is 2.44. The molecule has 0 N–H and O–H groups in total. The maximum absolute atomic E-state index is 2.32. The topological polar surface area (TPSA) is 4.93 Å². The molecule has 1 atom stereocenters. The van der Waals surface area contributed by atoms with Gasteiger partial charge in [0.1, 0.15) is 0 Å². The molecule has 0 fully saturated rings. The molecule has 0 spiro atoms. The van der Waals surface area contributed by atoms with Gasteiger partial charge in [-0.05, 0) is 35.8 Å². The molecule has 0 saturated carbocycles. The molecule has 1 unspecified atom stereocenters. The first kappa shape index (κ1) is 11.4. The highest BCUT2D eigenvalue weighted by molar-refractivity contribution is 5.28. The van der Waals surface area contributed by atoms with Crippen molar-refractivity contribution in [3.8, 4) is 0 Å². The quantitative estimate of drug-likeness (QED) is 0.686. The van der Waals surface area contributed by atoms with Crippen LogP contribution in [0.2, 0.25) is 0 Å². The largest absolute Gasteiger partial charge is 0.357 e. The van der Waals surface area contributed by atoms with Crippen molar-refractivity contribution in [3.05, 3.63) is 23.5 Å². The lowest BCUT2D eigenvalue weighted by molar-refractivity contribution is 0.633. The molecule has 80 valence electrons. The van der Waals surface area contributed by atoms with Gasteiger partial charge < -0.3 is 4.57 Å². The lowest BCUT2D eigenvalue weighted by atomic mass is 9.93. The number of hydrogen-bond acceptors (Lipinski definition) is 0. The summed E-state index contributed by atoms with van der Waals surface area (Å²) >= 11 is 0. The molecular weight excluding hydrogens is 170 g/mol. The summed E-state index contributed by atoms with van der Waals surface area (Å²) in [6, 6.07) is 0. The molecule has 1 heteroatoms. The minimum atomic E-state index is 0.699. The van der Waals surface area contributed by atoms with E-state index in [1.807, 2.05) is 0 Å². The maximum Gasteiger partial charge on any atom is 0.0106 e. The second kappa shape index (κ2) is 4.68. The van der Waals surface area contributed by atoms with Crippen molar-refractivity contribution < 1.29 is 0 Å². The molecule has 0 aromatic carbocycles. The normalized spacial score (nSPS) is 13.6. The lowest BCUT2D eigenvalue weighted by Gasteiger charge is -2.11. The Morgan fingerprint density at radius 3 is 2.36 bits per heavy atom. The van der Waals surface area contributed by atoms with Crippen LogP contribution in [0, 0.1) is 5.92 Å². The molecule has 0 radical (unpaired) electrons. The van der Waals surface area contributed by atoms with Crippen LogP contribution in [0.15, 0.2) is 12.4 Å². The van der Waals surface area contributed by atoms with Gasteiger partial charge in [-0.2, -0.15) is 0 Å². The van der Waals surface area contributed by atoms with E-state index in [-0.39, 0.29) is 0 Å². The van der Waals surface area contributed by atoms with E-state index in [0.717, 1.165) is 5.92 Å². The van der Waals surface area contributed by atoms with Gasteiger partial charge in [0.25, 0.3) is 0 Å². The van der Waals surface area contributed by atoms with Crippen molar-refractivity contribution in [2.75, 3.05) is 0 Å². The smallest absolute Gasteiger partial charge is 0.0106 e. The third-order valence-corrected chi connectivity index (χ3v) is 2.84. The van der Waals surface area contributed by atoms with Crippen molar-refractivity contribution in [1.82, 2.24) is 4.57 Å². The second-order valence-electron chi connectivity index (χ2n) is 4.81. The van der Waals surface area contributed by atoms with Gasteiger partial charge in [0.05, 0.1) is 0 Å². The summed E-state index contributed by atoms with van der Waals surface area (Å²) in [7, 11) is 2.12. The molecular formula is C13H23N. The first-order chi connectivity index (χ1) is 6.54. The first-order valence-electron chi connectivity index (χ1n) is 5.69. The standard InChI is InChI=1S/C13H23N/c1-6-11(4)13-9-14(5)8-12(13)7-10(2)3/h8-11H,6-7H2,1-5H3. The third kappa shape index (κ3) is 2.63. The van der Waals surface area contributed by atoms with Crippen molar-refractivity contribution >= 4 is 0 Å². The molecule has 0 aliphatic carbocycles. The average molecular weight is 193 g/mol. The van der Waals surface area contributed by atoms with E-state index in [9.17, 15) is 0 Å². The maximum atomic E-state index is 2.32. The van der Waals surface area contributed by atoms with Gasteiger partial charge in [-0.25, -0.2) is 0 Å². The van der Waals surface area contributed by atoms with Gasteiger partial charge in [0, 0.05) is 19.4 Å². The van der Waals surface area contributed by atoms with Crippen LogP contribution in [0.4, 0.5) is 0 Å². The van der Waals surface area contributed by atoms with Gasteiger partial charge in [0.2, 0.25) is 0 Å². The van der Waals surface area contributed by atoms with Crippen LogP contribution in [0.3, 0.4) is 0 Å². The fraction of sp³-hybridized carbons (Fsp3) is 0.692. The van der Waals surface area contributed by atoms with E-state index in [4.69, 9.17) is 0 Å². The van der Waals surface area contributed by atoms with Gasteiger partial charge in [-0.3, -0.25) is 0 Å². The lowest BCUT2D eigenvalue weighted by Crippen LogP contribution is -1.98. The van der Waals surface area contributed by atoms with Crippen LogP contribution in [-0.2, 0) is 13.5 Å². The van der Waals surface area contributed by atoms with Crippen molar-refractivity contribution in [2.45, 2.75) is 46.5 Å². The summed E-state index contributed by atoms with van der Waals surface area (Å²) in [5.74, 6) is 1.45. The zero-order valence-electron chi connectivity index (χ0n) is 10.2. The first-order valence-corrected chi connectivity index (χ1v) is 5.69. The highest BCUT2D eigenvalue weighted by Crippen LogP contribution is 2.25. The van der Waals surface area contributed by atoms with E-state index in [1.165, 1.54) is 18.4 Å². The molecule has 14 heavy (non-hydrogen) atoms. The Hall–Kier alpha value is -0.720. The van der Waals surface area contributed by atoms with Crippen LogP contribution in [0.5, 0.6) is 0 Å². The molecule has 0 bridgehead atoms. The SMILES string of the molecule is CCC(C)c1cn(C)cc1CC(C)C. The minimum absolute atomic E-state index is 0.699. The molecule has 1 aromatic heterocycles. The van der Waals surface area contributed by atoms with E-state index < -0.39 is 0 Å². The summed E-state index contributed by atoms with van der Waals surface area (Å²) in [5.41, 5.74) is 3.08. The number of hydrogen-bond donors (Lipinski definition) is 0. The summed E-state index contributed by atoms with van der Waals surface area (Å²) in [6.07, 6.45) is 7.00. The van der Waals surface area contributed by atoms with Gasteiger partial charge in [-0.15, -0.1) is 0 Å². The summed E-state index contributed by atoms with van der Waals surface area (Å²) in [5, 5.41) is 0. The molecule has 1 aromatic rings. The second-order valence-corrected chi connectivity index (χ2v) is 4.81. The predicted octanol–water partition coefficient (Wildman–Crippen LogP) is 3.74. The summed E-state index contributed by atoms with van der Waals surface area (Å²) in [6.45, 7) is 9.15. The van der Waals surface area contributed by atoms with Gasteiger partial charge in [0.15, 0.2) is 0 Å². The Labute approximate surface area is 88.1 Å². The van der Waals surface area contributed by atoms with E-state index in [1.54, 1.807) is 5.56 Å². The van der Waals surface area contributed by atoms with E-state index in [2.05, 4.69) is 51.7 Å². The van der Waals surface area contributed by atoms with Crippen LogP contribution in [0.1, 0.15) is 51.2 Å². The van der Waals surface area contributed by atoms with Crippen LogP contribution in [-0.4, -0.2) is 4.57 Å². The minimum Gasteiger partial charge on any atom is -0.357 e. The molecule has 0 aliphatic heterocycles. The van der Waals surface area contributed by atoms with Crippen LogP contribution in [0.25, 0.3) is 0 Å². The van der Waals surface area contributed by atoms with Gasteiger partial charge >= 0.3 is 0 Å². The fourth-order valence-corrected chi connectivity index (χ4v) is 1.93. The monoisotopic (exact) mass is 193 g/mol. The molecule has 0 amide bonds. The number of nitrogens with zero attached hydrogens (tertiary/aromatic N) is 1. The molecule has 1 heterocycles. The van der Waals surface area contributed by atoms with Crippen molar-refractivity contribution in [1.29, 1.82) is 0 Å². The summed E-state index contributed by atoms with van der Waals surface area (Å²) < 4.78 is 2.19. The number of rotatable bonds is 4. The Morgan fingerprint density at radius 1 is 1.21 bits per heavy atom. The molecule has 0 aliphatic rings. The number of aryl methyl sites for hydroxylation is 1. The Balaban J connectivity index is 2.90. The molecule has 1 nitrogen and oxygen atoms in total. The Bertz CT molecular complexity index is 283.